The summed E-state index contributed by atoms with van der Waals surface area (Å²) in [4.78, 5) is 0. The fourth-order valence-electron chi connectivity index (χ4n) is 3.56. The largest absolute Gasteiger partial charge is 0.497 e. The summed E-state index contributed by atoms with van der Waals surface area (Å²) < 4.78 is 12.1. The molecule has 158 valence electrons. The Morgan fingerprint density at radius 1 is 0.733 bits per heavy atom. The van der Waals surface area contributed by atoms with Gasteiger partial charge in [0.15, 0.2) is 0 Å². The van der Waals surface area contributed by atoms with Crippen LogP contribution in [0.2, 0.25) is 0 Å². The molecule has 5 heteroatoms. The van der Waals surface area contributed by atoms with Gasteiger partial charge in [0.1, 0.15) is 11.4 Å². The summed E-state index contributed by atoms with van der Waals surface area (Å²) in [5.74, 6) is 0.766. The van der Waals surface area contributed by atoms with Crippen LogP contribution in [0, 0.1) is 5.41 Å². The standard InChI is InChI=1S/C25H30N2O3/c1-29-23-14-12-22(13-15-23)25(20-8-4-2-5-9-20,21-10-6-3-7-11-21)30-19-24(16-26,17-27)18-28/h2-15,28H,16-19,26-27H2,1H3. The average molecular weight is 407 g/mol. The molecule has 0 aliphatic carbocycles. The Labute approximate surface area is 178 Å². The van der Waals surface area contributed by atoms with E-state index in [4.69, 9.17) is 20.9 Å². The van der Waals surface area contributed by atoms with Crippen molar-refractivity contribution in [2.45, 2.75) is 5.60 Å². The van der Waals surface area contributed by atoms with Gasteiger partial charge in [-0.2, -0.15) is 0 Å². The first-order valence-electron chi connectivity index (χ1n) is 10.0. The third-order valence-corrected chi connectivity index (χ3v) is 5.65. The van der Waals surface area contributed by atoms with E-state index in [0.29, 0.717) is 0 Å². The van der Waals surface area contributed by atoms with Gasteiger partial charge in [-0.05, 0) is 28.8 Å². The second-order valence-electron chi connectivity index (χ2n) is 7.50. The molecule has 0 unspecified atom stereocenters. The molecule has 0 atom stereocenters. The molecule has 30 heavy (non-hydrogen) atoms. The molecule has 0 aromatic heterocycles. The molecule has 0 amide bonds. The maximum Gasteiger partial charge on any atom is 0.143 e. The number of methoxy groups -OCH3 is 1. The van der Waals surface area contributed by atoms with Gasteiger partial charge >= 0.3 is 0 Å². The minimum atomic E-state index is -0.903. The monoisotopic (exact) mass is 406 g/mol. The summed E-state index contributed by atoms with van der Waals surface area (Å²) in [6.07, 6.45) is 0. The van der Waals surface area contributed by atoms with Gasteiger partial charge in [0.25, 0.3) is 0 Å². The van der Waals surface area contributed by atoms with E-state index in [-0.39, 0.29) is 26.3 Å². The first-order chi connectivity index (χ1) is 14.6. The number of ether oxygens (including phenoxy) is 2. The van der Waals surface area contributed by atoms with E-state index in [2.05, 4.69) is 0 Å². The van der Waals surface area contributed by atoms with Gasteiger partial charge in [0, 0.05) is 18.5 Å². The van der Waals surface area contributed by atoms with Gasteiger partial charge in [-0.3, -0.25) is 0 Å². The third-order valence-electron chi connectivity index (χ3n) is 5.65. The summed E-state index contributed by atoms with van der Waals surface area (Å²) >= 11 is 0. The summed E-state index contributed by atoms with van der Waals surface area (Å²) in [6, 6.07) is 27.9. The van der Waals surface area contributed by atoms with Crippen molar-refractivity contribution >= 4 is 0 Å². The normalized spacial score (nSPS) is 12.0. The zero-order valence-corrected chi connectivity index (χ0v) is 17.3. The van der Waals surface area contributed by atoms with Crippen molar-refractivity contribution in [3.63, 3.8) is 0 Å². The fourth-order valence-corrected chi connectivity index (χ4v) is 3.56. The highest BCUT2D eigenvalue weighted by molar-refractivity contribution is 5.48. The molecular weight excluding hydrogens is 376 g/mol. The molecule has 3 rings (SSSR count). The molecule has 0 radical (unpaired) electrons. The van der Waals surface area contributed by atoms with Crippen LogP contribution >= 0.6 is 0 Å². The molecule has 0 spiro atoms. The zero-order valence-electron chi connectivity index (χ0n) is 17.3. The van der Waals surface area contributed by atoms with Crippen LogP contribution in [-0.2, 0) is 10.3 Å². The van der Waals surface area contributed by atoms with E-state index in [1.165, 1.54) is 0 Å². The lowest BCUT2D eigenvalue weighted by atomic mass is 9.79. The molecule has 0 saturated heterocycles. The number of aliphatic hydroxyl groups excluding tert-OH is 1. The second-order valence-corrected chi connectivity index (χ2v) is 7.50. The molecule has 5 N–H and O–H groups in total. The highest BCUT2D eigenvalue weighted by Gasteiger charge is 2.40. The maximum atomic E-state index is 10.00. The lowest BCUT2D eigenvalue weighted by Crippen LogP contribution is -2.47. The van der Waals surface area contributed by atoms with E-state index >= 15 is 0 Å². The second kappa shape index (κ2) is 9.87. The molecule has 0 fully saturated rings. The molecule has 0 bridgehead atoms. The maximum absolute atomic E-state index is 10.00. The quantitative estimate of drug-likeness (QED) is 0.451. The summed E-state index contributed by atoms with van der Waals surface area (Å²) in [6.45, 7) is 0.499. The summed E-state index contributed by atoms with van der Waals surface area (Å²) in [5.41, 5.74) is 13.2. The van der Waals surface area contributed by atoms with Crippen molar-refractivity contribution < 1.29 is 14.6 Å². The Bertz CT molecular complexity index is 847. The number of hydrogen-bond acceptors (Lipinski definition) is 5. The third kappa shape index (κ3) is 4.25. The van der Waals surface area contributed by atoms with E-state index < -0.39 is 11.0 Å². The van der Waals surface area contributed by atoms with E-state index in [9.17, 15) is 5.11 Å². The summed E-state index contributed by atoms with van der Waals surface area (Å²) in [7, 11) is 1.64. The number of nitrogens with two attached hydrogens (primary N) is 2. The molecule has 0 aliphatic rings. The van der Waals surface area contributed by atoms with Crippen molar-refractivity contribution in [3.8, 4) is 5.75 Å². The Morgan fingerprint density at radius 3 is 1.60 bits per heavy atom. The zero-order chi connectivity index (χ0) is 21.5. The van der Waals surface area contributed by atoms with E-state index in [1.807, 2.05) is 84.9 Å². The smallest absolute Gasteiger partial charge is 0.143 e. The van der Waals surface area contributed by atoms with E-state index in [0.717, 1.165) is 22.4 Å². The van der Waals surface area contributed by atoms with E-state index in [1.54, 1.807) is 7.11 Å². The Hall–Kier alpha value is -2.70. The van der Waals surface area contributed by atoms with Crippen molar-refractivity contribution in [2.24, 2.45) is 16.9 Å². The van der Waals surface area contributed by atoms with Gasteiger partial charge in [0.05, 0.1) is 20.3 Å². The Kier molecular flexibility index (Phi) is 7.24. The number of rotatable bonds is 10. The Morgan fingerprint density at radius 2 is 1.20 bits per heavy atom. The molecule has 5 nitrogen and oxygen atoms in total. The minimum Gasteiger partial charge on any atom is -0.497 e. The lowest BCUT2D eigenvalue weighted by Gasteiger charge is -2.39. The molecule has 3 aromatic carbocycles. The highest BCUT2D eigenvalue weighted by Crippen LogP contribution is 2.42. The van der Waals surface area contributed by atoms with Crippen LogP contribution in [0.3, 0.4) is 0 Å². The first kappa shape index (κ1) is 22.0. The molecule has 0 saturated carbocycles. The lowest BCUT2D eigenvalue weighted by molar-refractivity contribution is -0.0521. The number of aliphatic hydroxyl groups is 1. The number of benzene rings is 3. The van der Waals surface area contributed by atoms with Crippen LogP contribution in [0.15, 0.2) is 84.9 Å². The predicted molar refractivity (Wildman–Crippen MR) is 119 cm³/mol. The van der Waals surface area contributed by atoms with Crippen LogP contribution in [0.25, 0.3) is 0 Å². The minimum absolute atomic E-state index is 0.151. The first-order valence-corrected chi connectivity index (χ1v) is 10.0. The predicted octanol–water partition coefficient (Wildman–Crippen LogP) is 2.90. The van der Waals surface area contributed by atoms with Crippen molar-refractivity contribution in [1.29, 1.82) is 0 Å². The van der Waals surface area contributed by atoms with Gasteiger partial charge < -0.3 is 26.0 Å². The van der Waals surface area contributed by atoms with Crippen LogP contribution < -0.4 is 16.2 Å². The Balaban J connectivity index is 2.21. The SMILES string of the molecule is COc1ccc(C(OCC(CN)(CN)CO)(c2ccccc2)c2ccccc2)cc1. The van der Waals surface area contributed by atoms with Crippen molar-refractivity contribution in [3.05, 3.63) is 102 Å². The van der Waals surface area contributed by atoms with Gasteiger partial charge in [-0.15, -0.1) is 0 Å². The van der Waals surface area contributed by atoms with Crippen LogP contribution in [0.5, 0.6) is 5.75 Å². The molecular formula is C25H30N2O3. The van der Waals surface area contributed by atoms with Gasteiger partial charge in [-0.1, -0.05) is 72.8 Å². The van der Waals surface area contributed by atoms with Crippen LogP contribution in [-0.4, -0.2) is 38.5 Å². The van der Waals surface area contributed by atoms with Crippen molar-refractivity contribution in [2.75, 3.05) is 33.4 Å². The van der Waals surface area contributed by atoms with Gasteiger partial charge in [0.2, 0.25) is 0 Å². The highest BCUT2D eigenvalue weighted by atomic mass is 16.5. The molecule has 3 aromatic rings. The average Bonchev–Trinajstić information content (AvgIpc) is 2.84. The number of hydrogen-bond donors (Lipinski definition) is 3. The molecule has 0 heterocycles. The van der Waals surface area contributed by atoms with Crippen molar-refractivity contribution in [1.82, 2.24) is 0 Å². The molecule has 0 aliphatic heterocycles. The summed E-state index contributed by atoms with van der Waals surface area (Å²) in [5, 5.41) is 10.00. The van der Waals surface area contributed by atoms with Crippen LogP contribution in [0.1, 0.15) is 16.7 Å². The van der Waals surface area contributed by atoms with Gasteiger partial charge in [-0.25, -0.2) is 0 Å². The van der Waals surface area contributed by atoms with Crippen LogP contribution in [0.4, 0.5) is 0 Å². The fraction of sp³-hybridized carbons (Fsp3) is 0.280. The topological polar surface area (TPSA) is 90.7 Å².